The molecule has 2 N–H and O–H groups in total. The molecule has 0 fully saturated rings. The molecule has 0 radical (unpaired) electrons. The quantitative estimate of drug-likeness (QED) is 0.852. The van der Waals surface area contributed by atoms with E-state index in [-0.39, 0.29) is 0 Å². The minimum Gasteiger partial charge on any atom is -0.493 e. The van der Waals surface area contributed by atoms with Crippen LogP contribution in [-0.4, -0.2) is 16.6 Å². The summed E-state index contributed by atoms with van der Waals surface area (Å²) in [4.78, 5) is 0. The number of nitrogens with two attached hydrogens (primary N) is 1. The van der Waals surface area contributed by atoms with Crippen molar-refractivity contribution < 1.29 is 8.95 Å². The molecule has 4 heteroatoms. The first-order valence-electron chi connectivity index (χ1n) is 6.58. The second-order valence-electron chi connectivity index (χ2n) is 4.47. The SMILES string of the molecule is NCc1cccc(OCCS(=O)Cc2ccccc2)c1. The first kappa shape index (κ1) is 14.8. The summed E-state index contributed by atoms with van der Waals surface area (Å²) in [6.07, 6.45) is 0. The van der Waals surface area contributed by atoms with Crippen molar-refractivity contribution in [1.29, 1.82) is 0 Å². The Morgan fingerprint density at radius 2 is 1.75 bits per heavy atom. The van der Waals surface area contributed by atoms with Gasteiger partial charge in [-0.25, -0.2) is 0 Å². The van der Waals surface area contributed by atoms with Gasteiger partial charge in [0.25, 0.3) is 0 Å². The van der Waals surface area contributed by atoms with Gasteiger partial charge in [-0.3, -0.25) is 4.21 Å². The number of benzene rings is 2. The summed E-state index contributed by atoms with van der Waals surface area (Å²) in [5, 5.41) is 0. The van der Waals surface area contributed by atoms with Crippen LogP contribution in [-0.2, 0) is 23.1 Å². The minimum atomic E-state index is -0.901. The first-order chi connectivity index (χ1) is 9.78. The molecule has 0 saturated carbocycles. The van der Waals surface area contributed by atoms with E-state index in [1.807, 2.05) is 54.6 Å². The Balaban J connectivity index is 1.76. The van der Waals surface area contributed by atoms with Crippen LogP contribution in [0.3, 0.4) is 0 Å². The van der Waals surface area contributed by atoms with Gasteiger partial charge >= 0.3 is 0 Å². The predicted octanol–water partition coefficient (Wildman–Crippen LogP) is 2.47. The van der Waals surface area contributed by atoms with Crippen LogP contribution in [0.25, 0.3) is 0 Å². The summed E-state index contributed by atoms with van der Waals surface area (Å²) >= 11 is 0. The summed E-state index contributed by atoms with van der Waals surface area (Å²) < 4.78 is 17.5. The Morgan fingerprint density at radius 1 is 1.00 bits per heavy atom. The van der Waals surface area contributed by atoms with Crippen LogP contribution in [0.1, 0.15) is 11.1 Å². The van der Waals surface area contributed by atoms with Crippen molar-refractivity contribution in [2.24, 2.45) is 5.73 Å². The highest BCUT2D eigenvalue weighted by Gasteiger charge is 2.02. The van der Waals surface area contributed by atoms with Gasteiger partial charge in [0, 0.05) is 23.1 Å². The van der Waals surface area contributed by atoms with Gasteiger partial charge in [-0.1, -0.05) is 42.5 Å². The van der Waals surface area contributed by atoms with E-state index in [0.717, 1.165) is 16.9 Å². The van der Waals surface area contributed by atoms with Gasteiger partial charge in [-0.15, -0.1) is 0 Å². The lowest BCUT2D eigenvalue weighted by Crippen LogP contribution is -2.10. The molecule has 0 spiro atoms. The van der Waals surface area contributed by atoms with E-state index in [1.165, 1.54) is 0 Å². The van der Waals surface area contributed by atoms with Crippen LogP contribution in [0.15, 0.2) is 54.6 Å². The summed E-state index contributed by atoms with van der Waals surface area (Å²) in [5.74, 6) is 1.89. The van der Waals surface area contributed by atoms with E-state index < -0.39 is 10.8 Å². The highest BCUT2D eigenvalue weighted by molar-refractivity contribution is 7.84. The topological polar surface area (TPSA) is 52.3 Å². The average Bonchev–Trinajstić information content (AvgIpc) is 2.48. The van der Waals surface area contributed by atoms with E-state index in [4.69, 9.17) is 10.5 Å². The van der Waals surface area contributed by atoms with E-state index >= 15 is 0 Å². The molecule has 20 heavy (non-hydrogen) atoms. The van der Waals surface area contributed by atoms with Gasteiger partial charge in [0.1, 0.15) is 5.75 Å². The standard InChI is InChI=1S/C16H19NO2S/c17-12-15-7-4-8-16(11-15)19-9-10-20(18)13-14-5-2-1-3-6-14/h1-8,11H,9-10,12-13,17H2. The Hall–Kier alpha value is -1.65. The summed E-state index contributed by atoms with van der Waals surface area (Å²) in [7, 11) is -0.901. The van der Waals surface area contributed by atoms with E-state index in [9.17, 15) is 4.21 Å². The predicted molar refractivity (Wildman–Crippen MR) is 83.0 cm³/mol. The van der Waals surface area contributed by atoms with E-state index in [1.54, 1.807) is 0 Å². The molecule has 1 unspecified atom stereocenters. The van der Waals surface area contributed by atoms with Crippen LogP contribution < -0.4 is 10.5 Å². The summed E-state index contributed by atoms with van der Waals surface area (Å²) in [5.41, 5.74) is 7.71. The molecule has 0 bridgehead atoms. The molecular formula is C16H19NO2S. The summed E-state index contributed by atoms with van der Waals surface area (Å²) in [6, 6.07) is 17.5. The van der Waals surface area contributed by atoms with Crippen molar-refractivity contribution in [3.05, 3.63) is 65.7 Å². The van der Waals surface area contributed by atoms with Crippen molar-refractivity contribution >= 4 is 10.8 Å². The lowest BCUT2D eigenvalue weighted by atomic mass is 10.2. The maximum Gasteiger partial charge on any atom is 0.119 e. The second kappa shape index (κ2) is 7.82. The fraction of sp³-hybridized carbons (Fsp3) is 0.250. The van der Waals surface area contributed by atoms with Crippen LogP contribution in [0.5, 0.6) is 5.75 Å². The molecular weight excluding hydrogens is 270 g/mol. The number of hydrogen-bond acceptors (Lipinski definition) is 3. The molecule has 0 aliphatic rings. The van der Waals surface area contributed by atoms with Crippen molar-refractivity contribution in [2.75, 3.05) is 12.4 Å². The molecule has 2 aromatic rings. The zero-order chi connectivity index (χ0) is 14.2. The molecule has 0 aliphatic heterocycles. The highest BCUT2D eigenvalue weighted by Crippen LogP contribution is 2.13. The summed E-state index contributed by atoms with van der Waals surface area (Å²) in [6.45, 7) is 0.949. The van der Waals surface area contributed by atoms with Crippen LogP contribution in [0, 0.1) is 0 Å². The Bertz CT molecular complexity index is 557. The van der Waals surface area contributed by atoms with Crippen LogP contribution in [0.4, 0.5) is 0 Å². The molecule has 2 aromatic carbocycles. The highest BCUT2D eigenvalue weighted by atomic mass is 32.2. The molecule has 0 amide bonds. The largest absolute Gasteiger partial charge is 0.493 e. The lowest BCUT2D eigenvalue weighted by Gasteiger charge is -2.07. The molecule has 106 valence electrons. The zero-order valence-corrected chi connectivity index (χ0v) is 12.1. The van der Waals surface area contributed by atoms with Crippen molar-refractivity contribution in [3.8, 4) is 5.75 Å². The third-order valence-electron chi connectivity index (χ3n) is 2.88. The zero-order valence-electron chi connectivity index (χ0n) is 11.3. The fourth-order valence-electron chi connectivity index (χ4n) is 1.85. The number of ether oxygens (including phenoxy) is 1. The molecule has 3 nitrogen and oxygen atoms in total. The maximum atomic E-state index is 11.9. The van der Waals surface area contributed by atoms with Gasteiger partial charge in [-0.2, -0.15) is 0 Å². The minimum absolute atomic E-state index is 0.452. The van der Waals surface area contributed by atoms with Gasteiger partial charge in [0.05, 0.1) is 12.4 Å². The Kier molecular flexibility index (Phi) is 5.77. The van der Waals surface area contributed by atoms with Crippen molar-refractivity contribution in [3.63, 3.8) is 0 Å². The number of hydrogen-bond donors (Lipinski definition) is 1. The smallest absolute Gasteiger partial charge is 0.119 e. The molecule has 0 heterocycles. The monoisotopic (exact) mass is 289 g/mol. The van der Waals surface area contributed by atoms with E-state index in [2.05, 4.69) is 0 Å². The normalized spacial score (nSPS) is 12.1. The van der Waals surface area contributed by atoms with Crippen molar-refractivity contribution in [2.45, 2.75) is 12.3 Å². The average molecular weight is 289 g/mol. The molecule has 0 aromatic heterocycles. The third-order valence-corrected chi connectivity index (χ3v) is 4.16. The molecule has 2 rings (SSSR count). The van der Waals surface area contributed by atoms with Gasteiger partial charge < -0.3 is 10.5 Å². The van der Waals surface area contributed by atoms with Crippen LogP contribution in [0.2, 0.25) is 0 Å². The van der Waals surface area contributed by atoms with Gasteiger partial charge in [0.15, 0.2) is 0 Å². The second-order valence-corrected chi connectivity index (χ2v) is 6.05. The van der Waals surface area contributed by atoms with Crippen LogP contribution >= 0.6 is 0 Å². The van der Waals surface area contributed by atoms with Crippen molar-refractivity contribution in [1.82, 2.24) is 0 Å². The van der Waals surface area contributed by atoms with E-state index in [0.29, 0.717) is 24.7 Å². The number of rotatable bonds is 7. The van der Waals surface area contributed by atoms with Gasteiger partial charge in [0.2, 0.25) is 0 Å². The molecule has 0 saturated heterocycles. The maximum absolute atomic E-state index is 11.9. The fourth-order valence-corrected chi connectivity index (χ4v) is 2.82. The molecule has 0 aliphatic carbocycles. The molecule has 1 atom stereocenters. The van der Waals surface area contributed by atoms with Gasteiger partial charge in [-0.05, 0) is 23.3 Å². The Morgan fingerprint density at radius 3 is 2.50 bits per heavy atom. The first-order valence-corrected chi connectivity index (χ1v) is 8.07. The lowest BCUT2D eigenvalue weighted by molar-refractivity contribution is 0.342. The third kappa shape index (κ3) is 4.79. The Labute approximate surface area is 122 Å².